The number of nitrogens with zero attached hydrogens (tertiary/aromatic N) is 2. The zero-order valence-electron chi connectivity index (χ0n) is 10.8. The zero-order chi connectivity index (χ0) is 13.9. The molecule has 7 heteroatoms. The lowest BCUT2D eigenvalue weighted by Crippen LogP contribution is -2.39. The van der Waals surface area contributed by atoms with E-state index in [0.29, 0.717) is 12.5 Å². The molecule has 2 rings (SSSR count). The maximum Gasteiger partial charge on any atom is 0.258 e. The summed E-state index contributed by atoms with van der Waals surface area (Å²) >= 11 is 3.24. The van der Waals surface area contributed by atoms with Crippen molar-refractivity contribution in [3.05, 3.63) is 22.8 Å². The number of sulfonamides is 1. The van der Waals surface area contributed by atoms with E-state index in [9.17, 15) is 8.42 Å². The van der Waals surface area contributed by atoms with Crippen molar-refractivity contribution in [2.75, 3.05) is 26.7 Å². The molecule has 1 aromatic heterocycles. The first kappa shape index (κ1) is 14.9. The number of halogens is 1. The van der Waals surface area contributed by atoms with E-state index in [1.54, 1.807) is 6.07 Å². The van der Waals surface area contributed by atoms with Gasteiger partial charge in [0.2, 0.25) is 0 Å². The maximum atomic E-state index is 12.1. The fourth-order valence-corrected chi connectivity index (χ4v) is 3.54. The number of likely N-dealkylation sites (tertiary alicyclic amines) is 1. The van der Waals surface area contributed by atoms with Crippen LogP contribution in [-0.2, 0) is 10.0 Å². The second-order valence-corrected chi connectivity index (χ2v) is 7.57. The third kappa shape index (κ3) is 4.24. The minimum atomic E-state index is -3.49. The summed E-state index contributed by atoms with van der Waals surface area (Å²) in [4.78, 5) is 6.16. The first-order valence-corrected chi connectivity index (χ1v) is 8.55. The minimum Gasteiger partial charge on any atom is -0.306 e. The standard InChI is InChI=1S/C12H18BrN3O2S/c1-16-6-2-3-10(9-16)7-15-19(17,18)12-5-4-11(13)8-14-12/h4-5,8,10,15H,2-3,6-7,9H2,1H3. The number of nitrogens with one attached hydrogen (secondary N) is 1. The highest BCUT2D eigenvalue weighted by atomic mass is 79.9. The smallest absolute Gasteiger partial charge is 0.258 e. The van der Waals surface area contributed by atoms with E-state index in [2.05, 4.69) is 37.6 Å². The van der Waals surface area contributed by atoms with Gasteiger partial charge in [-0.1, -0.05) is 0 Å². The van der Waals surface area contributed by atoms with E-state index < -0.39 is 10.0 Å². The SMILES string of the molecule is CN1CCCC(CNS(=O)(=O)c2ccc(Br)cn2)C1. The molecule has 0 radical (unpaired) electrons. The molecule has 0 bridgehead atoms. The molecular formula is C12H18BrN3O2S. The predicted octanol–water partition coefficient (Wildman–Crippen LogP) is 1.46. The molecule has 2 heterocycles. The summed E-state index contributed by atoms with van der Waals surface area (Å²) < 4.78 is 27.5. The summed E-state index contributed by atoms with van der Waals surface area (Å²) in [5, 5.41) is 0.0693. The van der Waals surface area contributed by atoms with Crippen molar-refractivity contribution in [1.29, 1.82) is 0 Å². The molecule has 0 saturated carbocycles. The van der Waals surface area contributed by atoms with E-state index >= 15 is 0 Å². The highest BCUT2D eigenvalue weighted by Crippen LogP contribution is 2.15. The monoisotopic (exact) mass is 347 g/mol. The molecule has 0 spiro atoms. The van der Waals surface area contributed by atoms with E-state index in [1.807, 2.05) is 0 Å². The molecule has 0 aliphatic carbocycles. The molecule has 106 valence electrons. The van der Waals surface area contributed by atoms with Crippen molar-refractivity contribution in [3.63, 3.8) is 0 Å². The van der Waals surface area contributed by atoms with Crippen molar-refractivity contribution in [3.8, 4) is 0 Å². The second kappa shape index (κ2) is 6.30. The minimum absolute atomic E-state index is 0.0693. The lowest BCUT2D eigenvalue weighted by molar-refractivity contribution is 0.211. The topological polar surface area (TPSA) is 62.3 Å². The van der Waals surface area contributed by atoms with Crippen LogP contribution in [0.5, 0.6) is 0 Å². The summed E-state index contributed by atoms with van der Waals surface area (Å²) in [6, 6.07) is 3.18. The highest BCUT2D eigenvalue weighted by Gasteiger charge is 2.21. The van der Waals surface area contributed by atoms with Crippen molar-refractivity contribution in [2.45, 2.75) is 17.9 Å². The van der Waals surface area contributed by atoms with Gasteiger partial charge in [-0.05, 0) is 60.4 Å². The predicted molar refractivity (Wildman–Crippen MR) is 77.3 cm³/mol. The Morgan fingerprint density at radius 2 is 2.32 bits per heavy atom. The number of aromatic nitrogens is 1. The largest absolute Gasteiger partial charge is 0.306 e. The maximum absolute atomic E-state index is 12.1. The van der Waals surface area contributed by atoms with E-state index in [4.69, 9.17) is 0 Å². The van der Waals surface area contributed by atoms with Crippen LogP contribution in [0.3, 0.4) is 0 Å². The molecule has 1 saturated heterocycles. The van der Waals surface area contributed by atoms with Gasteiger partial charge in [-0.2, -0.15) is 0 Å². The summed E-state index contributed by atoms with van der Waals surface area (Å²) in [5.41, 5.74) is 0. The van der Waals surface area contributed by atoms with E-state index in [1.165, 1.54) is 12.3 Å². The molecule has 0 amide bonds. The van der Waals surface area contributed by atoms with Crippen molar-refractivity contribution in [1.82, 2.24) is 14.6 Å². The fourth-order valence-electron chi connectivity index (χ4n) is 2.26. The highest BCUT2D eigenvalue weighted by molar-refractivity contribution is 9.10. The summed E-state index contributed by atoms with van der Waals surface area (Å²) in [7, 11) is -1.43. The van der Waals surface area contributed by atoms with Crippen LogP contribution in [0.1, 0.15) is 12.8 Å². The van der Waals surface area contributed by atoms with Crippen LogP contribution in [0.4, 0.5) is 0 Å². The van der Waals surface area contributed by atoms with Gasteiger partial charge in [0.05, 0.1) is 0 Å². The average molecular weight is 348 g/mol. The van der Waals surface area contributed by atoms with E-state index in [-0.39, 0.29) is 5.03 Å². The molecule has 1 fully saturated rings. The molecule has 19 heavy (non-hydrogen) atoms. The average Bonchev–Trinajstić information content (AvgIpc) is 2.37. The summed E-state index contributed by atoms with van der Waals surface area (Å²) in [6.07, 6.45) is 3.68. The van der Waals surface area contributed by atoms with E-state index in [0.717, 1.165) is 30.4 Å². The number of rotatable bonds is 4. The van der Waals surface area contributed by atoms with Crippen LogP contribution in [0.2, 0.25) is 0 Å². The molecule has 5 nitrogen and oxygen atoms in total. The third-order valence-corrected chi connectivity index (χ3v) is 5.07. The first-order valence-electron chi connectivity index (χ1n) is 6.27. The molecular weight excluding hydrogens is 330 g/mol. The van der Waals surface area contributed by atoms with Gasteiger partial charge < -0.3 is 4.90 Å². The van der Waals surface area contributed by atoms with Gasteiger partial charge in [-0.15, -0.1) is 0 Å². The molecule has 0 aromatic carbocycles. The number of pyridine rings is 1. The Balaban J connectivity index is 1.96. The van der Waals surface area contributed by atoms with Gasteiger partial charge in [0, 0.05) is 23.8 Å². The van der Waals surface area contributed by atoms with Gasteiger partial charge in [0.25, 0.3) is 10.0 Å². The lowest BCUT2D eigenvalue weighted by Gasteiger charge is -2.29. The Kier molecular flexibility index (Phi) is 4.94. The fraction of sp³-hybridized carbons (Fsp3) is 0.583. The molecule has 1 unspecified atom stereocenters. The molecule has 1 N–H and O–H groups in total. The summed E-state index contributed by atoms with van der Waals surface area (Å²) in [5.74, 6) is 0.379. The van der Waals surface area contributed by atoms with Crippen LogP contribution in [0.25, 0.3) is 0 Å². The second-order valence-electron chi connectivity index (χ2n) is 4.94. The van der Waals surface area contributed by atoms with Crippen LogP contribution in [-0.4, -0.2) is 45.0 Å². The normalized spacial score (nSPS) is 21.5. The van der Waals surface area contributed by atoms with Crippen LogP contribution in [0, 0.1) is 5.92 Å². The van der Waals surface area contributed by atoms with Gasteiger partial charge in [-0.25, -0.2) is 18.1 Å². The van der Waals surface area contributed by atoms with Crippen molar-refractivity contribution >= 4 is 26.0 Å². The van der Waals surface area contributed by atoms with Crippen molar-refractivity contribution in [2.24, 2.45) is 5.92 Å². The molecule has 1 atom stereocenters. The summed E-state index contributed by atoms with van der Waals surface area (Å²) in [6.45, 7) is 2.51. The Morgan fingerprint density at radius 3 is 2.95 bits per heavy atom. The molecule has 1 aliphatic heterocycles. The van der Waals surface area contributed by atoms with Crippen molar-refractivity contribution < 1.29 is 8.42 Å². The van der Waals surface area contributed by atoms with Gasteiger partial charge in [0.1, 0.15) is 0 Å². The Labute approximate surface area is 122 Å². The molecule has 1 aromatic rings. The van der Waals surface area contributed by atoms with Crippen LogP contribution >= 0.6 is 15.9 Å². The number of hydrogen-bond donors (Lipinski definition) is 1. The first-order chi connectivity index (χ1) is 8.97. The quantitative estimate of drug-likeness (QED) is 0.895. The van der Waals surface area contributed by atoms with Gasteiger partial charge in [0.15, 0.2) is 5.03 Å². The zero-order valence-corrected chi connectivity index (χ0v) is 13.2. The Bertz CT molecular complexity index is 518. The number of hydrogen-bond acceptors (Lipinski definition) is 4. The lowest BCUT2D eigenvalue weighted by atomic mass is 9.99. The van der Waals surface area contributed by atoms with Crippen LogP contribution in [0.15, 0.2) is 27.8 Å². The van der Waals surface area contributed by atoms with Crippen LogP contribution < -0.4 is 4.72 Å². The van der Waals surface area contributed by atoms with Gasteiger partial charge in [-0.3, -0.25) is 0 Å². The van der Waals surface area contributed by atoms with Gasteiger partial charge >= 0.3 is 0 Å². The number of piperidine rings is 1. The third-order valence-electron chi connectivity index (χ3n) is 3.26. The molecule has 1 aliphatic rings. The Morgan fingerprint density at radius 1 is 1.53 bits per heavy atom. The Hall–Kier alpha value is -0.500.